The van der Waals surface area contributed by atoms with E-state index in [0.29, 0.717) is 0 Å². The summed E-state index contributed by atoms with van der Waals surface area (Å²) in [5, 5.41) is 0. The summed E-state index contributed by atoms with van der Waals surface area (Å²) in [6, 6.07) is 0. The van der Waals surface area contributed by atoms with E-state index in [0.717, 1.165) is 0 Å². The minimum atomic E-state index is -3.17. The summed E-state index contributed by atoms with van der Waals surface area (Å²) in [4.78, 5) is 26.0. The average Bonchev–Trinajstić information content (AvgIpc) is 2.59. The van der Waals surface area contributed by atoms with Gasteiger partial charge in [-0.15, -0.1) is 0 Å². The quantitative estimate of drug-likeness (QED) is 0.209. The van der Waals surface area contributed by atoms with E-state index in [1.807, 2.05) is 83.1 Å². The Kier molecular flexibility index (Phi) is 11.7. The molecule has 0 aliphatic carbocycles. The SMILES string of the molecule is CC(C)[Si](OC(=O)CC(C(=O)O[Si](C(C)C)(C(C)C)C(C)C)P(=O)=O)(C(C)C)C(C)C. The van der Waals surface area contributed by atoms with Crippen LogP contribution in [-0.4, -0.2) is 34.2 Å². The van der Waals surface area contributed by atoms with Crippen LogP contribution in [0.3, 0.4) is 0 Å². The van der Waals surface area contributed by atoms with Gasteiger partial charge in [0.05, 0.1) is 6.42 Å². The van der Waals surface area contributed by atoms with Crippen molar-refractivity contribution in [2.75, 3.05) is 0 Å². The number of hydrogen-bond donors (Lipinski definition) is 0. The number of hydrogen-bond acceptors (Lipinski definition) is 6. The van der Waals surface area contributed by atoms with Gasteiger partial charge in [0.25, 0.3) is 22.6 Å². The molecule has 0 aromatic carbocycles. The number of carbonyl (C=O) groups excluding carboxylic acids is 2. The van der Waals surface area contributed by atoms with E-state index in [2.05, 4.69) is 0 Å². The highest BCUT2D eigenvalue weighted by atomic mass is 31.1. The Labute approximate surface area is 192 Å². The number of rotatable bonds is 12. The Balaban J connectivity index is 5.88. The van der Waals surface area contributed by atoms with Gasteiger partial charge in [-0.2, -0.15) is 0 Å². The lowest BCUT2D eigenvalue weighted by Gasteiger charge is -2.42. The molecule has 0 aromatic rings. The topological polar surface area (TPSA) is 86.7 Å². The van der Waals surface area contributed by atoms with Gasteiger partial charge in [-0.1, -0.05) is 83.1 Å². The van der Waals surface area contributed by atoms with Gasteiger partial charge in [0.2, 0.25) is 0 Å². The van der Waals surface area contributed by atoms with Crippen molar-refractivity contribution in [3.8, 4) is 0 Å². The molecular weight excluding hydrogens is 447 g/mol. The Hall–Kier alpha value is -0.726. The Morgan fingerprint density at radius 3 is 1.16 bits per heavy atom. The second-order valence-electron chi connectivity index (χ2n) is 10.5. The monoisotopic (exact) mass is 492 g/mol. The van der Waals surface area contributed by atoms with Gasteiger partial charge >= 0.3 is 13.6 Å². The molecule has 0 spiro atoms. The Bertz CT molecular complexity index is 632. The van der Waals surface area contributed by atoms with Crippen LogP contribution >= 0.6 is 7.68 Å². The molecule has 0 heterocycles. The van der Waals surface area contributed by atoms with E-state index in [1.165, 1.54) is 0 Å². The molecule has 0 aliphatic heterocycles. The first kappa shape index (κ1) is 30.3. The highest BCUT2D eigenvalue weighted by molar-refractivity contribution is 7.33. The molecule has 9 heteroatoms. The van der Waals surface area contributed by atoms with Crippen LogP contribution in [0.5, 0.6) is 0 Å². The summed E-state index contributed by atoms with van der Waals surface area (Å²) in [5.41, 5.74) is -0.629. The highest BCUT2D eigenvalue weighted by Crippen LogP contribution is 2.44. The Morgan fingerprint density at radius 1 is 0.613 bits per heavy atom. The summed E-state index contributed by atoms with van der Waals surface area (Å²) >= 11 is 0. The molecule has 0 rings (SSSR count). The molecule has 0 bridgehead atoms. The van der Waals surface area contributed by atoms with Crippen molar-refractivity contribution in [3.63, 3.8) is 0 Å². The van der Waals surface area contributed by atoms with E-state index < -0.39 is 48.3 Å². The normalized spacial score (nSPS) is 14.1. The smallest absolute Gasteiger partial charge is 0.330 e. The summed E-state index contributed by atoms with van der Waals surface area (Å²) in [6.45, 7) is 24.4. The zero-order valence-electron chi connectivity index (χ0n) is 21.6. The molecule has 182 valence electrons. The van der Waals surface area contributed by atoms with Gasteiger partial charge in [-0.25, -0.2) is 9.13 Å². The fourth-order valence-electron chi connectivity index (χ4n) is 5.59. The molecule has 31 heavy (non-hydrogen) atoms. The van der Waals surface area contributed by atoms with Gasteiger partial charge in [0.15, 0.2) is 5.66 Å². The molecule has 0 saturated heterocycles. The van der Waals surface area contributed by atoms with Gasteiger partial charge in [0, 0.05) is 0 Å². The third-order valence-electron chi connectivity index (χ3n) is 6.87. The molecule has 1 unspecified atom stereocenters. The minimum Gasteiger partial charge on any atom is -0.518 e. The fourth-order valence-corrected chi connectivity index (χ4v) is 16.6. The van der Waals surface area contributed by atoms with Crippen LogP contribution in [-0.2, 0) is 27.6 Å². The van der Waals surface area contributed by atoms with Gasteiger partial charge in [0.1, 0.15) is 0 Å². The summed E-state index contributed by atoms with van der Waals surface area (Å²) < 4.78 is 36.1. The second-order valence-corrected chi connectivity index (χ2v) is 22.5. The van der Waals surface area contributed by atoms with Crippen molar-refractivity contribution >= 4 is 36.3 Å². The van der Waals surface area contributed by atoms with Crippen LogP contribution in [0.2, 0.25) is 33.2 Å². The largest absolute Gasteiger partial charge is 0.518 e. The van der Waals surface area contributed by atoms with Crippen molar-refractivity contribution in [1.82, 2.24) is 0 Å². The van der Waals surface area contributed by atoms with Crippen LogP contribution < -0.4 is 0 Å². The first-order valence-corrected chi connectivity index (χ1v) is 17.1. The maximum absolute atomic E-state index is 13.0. The van der Waals surface area contributed by atoms with Crippen LogP contribution in [0.1, 0.15) is 89.5 Å². The van der Waals surface area contributed by atoms with E-state index >= 15 is 0 Å². The van der Waals surface area contributed by atoms with Gasteiger partial charge < -0.3 is 8.85 Å². The maximum atomic E-state index is 13.0. The Morgan fingerprint density at radius 2 is 0.903 bits per heavy atom. The lowest BCUT2D eigenvalue weighted by molar-refractivity contribution is -0.141. The van der Waals surface area contributed by atoms with E-state index in [9.17, 15) is 18.7 Å². The van der Waals surface area contributed by atoms with E-state index in [1.54, 1.807) is 0 Å². The lowest BCUT2D eigenvalue weighted by Crippen LogP contribution is -2.51. The van der Waals surface area contributed by atoms with Crippen LogP contribution in [0, 0.1) is 0 Å². The fraction of sp³-hybridized carbons (Fsp3) is 0.909. The molecule has 0 aliphatic rings. The molecule has 0 amide bonds. The molecule has 0 aromatic heterocycles. The highest BCUT2D eigenvalue weighted by Gasteiger charge is 2.51. The molecule has 0 saturated carbocycles. The third-order valence-corrected chi connectivity index (χ3v) is 19.7. The van der Waals surface area contributed by atoms with Crippen molar-refractivity contribution in [3.05, 3.63) is 0 Å². The lowest BCUT2D eigenvalue weighted by atomic mass is 10.3. The van der Waals surface area contributed by atoms with Crippen molar-refractivity contribution in [2.24, 2.45) is 0 Å². The third kappa shape index (κ3) is 6.64. The van der Waals surface area contributed by atoms with E-state index in [-0.39, 0.29) is 33.2 Å². The maximum Gasteiger partial charge on any atom is 0.330 e. The first-order valence-electron chi connectivity index (χ1n) is 11.6. The summed E-state index contributed by atoms with van der Waals surface area (Å²) in [6.07, 6.45) is -0.489. The van der Waals surface area contributed by atoms with Crippen LogP contribution in [0.4, 0.5) is 0 Å². The average molecular weight is 493 g/mol. The van der Waals surface area contributed by atoms with Crippen molar-refractivity contribution in [2.45, 2.75) is 128 Å². The van der Waals surface area contributed by atoms with Gasteiger partial charge in [-0.05, 0) is 33.2 Å². The number of carbonyl (C=O) groups is 2. The molecule has 0 fully saturated rings. The zero-order valence-corrected chi connectivity index (χ0v) is 24.5. The van der Waals surface area contributed by atoms with Gasteiger partial charge in [-0.3, -0.25) is 9.59 Å². The minimum absolute atomic E-state index is 0.122. The molecular formula is C22H45O6PSi2. The van der Waals surface area contributed by atoms with Crippen LogP contribution in [0.15, 0.2) is 0 Å². The molecule has 0 N–H and O–H groups in total. The van der Waals surface area contributed by atoms with E-state index in [4.69, 9.17) is 8.85 Å². The standard InChI is InChI=1S/C22H45O6PSi2/c1-14(2)30(15(3)4,16(5)6)27-21(23)13-20(29(25)26)22(24)28-31(17(7)8,18(9)10)19(11)12/h14-20H,13H2,1-12H3. The zero-order chi connectivity index (χ0) is 24.9. The second kappa shape index (κ2) is 11.9. The predicted octanol–water partition coefficient (Wildman–Crippen LogP) is 7.36. The van der Waals surface area contributed by atoms with Crippen molar-refractivity contribution < 1.29 is 27.6 Å². The first-order chi connectivity index (χ1) is 14.0. The molecule has 6 nitrogen and oxygen atoms in total. The summed E-state index contributed by atoms with van der Waals surface area (Å²) in [5.74, 6) is -1.42. The van der Waals surface area contributed by atoms with Crippen LogP contribution in [0.25, 0.3) is 0 Å². The predicted molar refractivity (Wildman–Crippen MR) is 131 cm³/mol. The molecule has 0 radical (unpaired) electrons. The molecule has 1 atom stereocenters. The van der Waals surface area contributed by atoms with Crippen molar-refractivity contribution in [1.29, 1.82) is 0 Å². The summed E-state index contributed by atoms with van der Waals surface area (Å²) in [7, 11) is -8.30.